The highest BCUT2D eigenvalue weighted by molar-refractivity contribution is 5.90. The van der Waals surface area contributed by atoms with Crippen LogP contribution in [0, 0.1) is 12.7 Å². The summed E-state index contributed by atoms with van der Waals surface area (Å²) in [7, 11) is 0. The maximum Gasteiger partial charge on any atom is 0.414 e. The molecule has 0 spiro atoms. The highest BCUT2D eigenvalue weighted by atomic mass is 19.1. The minimum atomic E-state index is -0.545. The van der Waals surface area contributed by atoms with E-state index in [-0.39, 0.29) is 24.8 Å². The van der Waals surface area contributed by atoms with Crippen molar-refractivity contribution in [1.29, 1.82) is 0 Å². The van der Waals surface area contributed by atoms with Crippen molar-refractivity contribution in [2.45, 2.75) is 20.0 Å². The van der Waals surface area contributed by atoms with E-state index in [1.165, 1.54) is 17.9 Å². The lowest BCUT2D eigenvalue weighted by molar-refractivity contribution is -0.119. The Morgan fingerprint density at radius 1 is 1.19 bits per heavy atom. The lowest BCUT2D eigenvalue weighted by Crippen LogP contribution is -2.47. The molecule has 31 heavy (non-hydrogen) atoms. The Morgan fingerprint density at radius 3 is 2.61 bits per heavy atom. The van der Waals surface area contributed by atoms with Crippen LogP contribution in [0.5, 0.6) is 0 Å². The number of amides is 2. The van der Waals surface area contributed by atoms with Gasteiger partial charge < -0.3 is 19.9 Å². The third-order valence-electron chi connectivity index (χ3n) is 5.43. The van der Waals surface area contributed by atoms with Gasteiger partial charge in [0, 0.05) is 44.9 Å². The first-order chi connectivity index (χ1) is 14.9. The predicted octanol–water partition coefficient (Wildman–Crippen LogP) is 1.71. The summed E-state index contributed by atoms with van der Waals surface area (Å²) in [4.78, 5) is 37.2. The number of aryl methyl sites for hydroxylation is 1. The molecule has 164 valence electrons. The first kappa shape index (κ1) is 20.8. The van der Waals surface area contributed by atoms with Gasteiger partial charge in [0.25, 0.3) is 0 Å². The number of carbonyl (C=O) groups is 2. The first-order valence-corrected chi connectivity index (χ1v) is 10.2. The van der Waals surface area contributed by atoms with E-state index in [1.807, 2.05) is 17.9 Å². The molecule has 0 bridgehead atoms. The summed E-state index contributed by atoms with van der Waals surface area (Å²) in [5.41, 5.74) is 1.85. The number of rotatable bonds is 5. The zero-order valence-corrected chi connectivity index (χ0v) is 17.5. The molecule has 1 atom stereocenters. The van der Waals surface area contributed by atoms with Crippen molar-refractivity contribution in [3.63, 3.8) is 0 Å². The zero-order valence-electron chi connectivity index (χ0n) is 17.5. The molecule has 2 aromatic rings. The molecule has 2 amide bonds. The van der Waals surface area contributed by atoms with Gasteiger partial charge in [-0.1, -0.05) is 0 Å². The second-order valence-electron chi connectivity index (χ2n) is 7.68. The number of carbonyl (C=O) groups excluding carboxylic acids is 2. The highest BCUT2D eigenvalue weighted by Crippen LogP contribution is 2.29. The molecule has 3 heterocycles. The van der Waals surface area contributed by atoms with Crippen LogP contribution in [-0.4, -0.2) is 67.3 Å². The minimum absolute atomic E-state index is 0.195. The normalized spacial score (nSPS) is 18.9. The predicted molar refractivity (Wildman–Crippen MR) is 114 cm³/mol. The van der Waals surface area contributed by atoms with Gasteiger partial charge in [-0.3, -0.25) is 9.69 Å². The quantitative estimate of drug-likeness (QED) is 0.775. The van der Waals surface area contributed by atoms with Gasteiger partial charge in [-0.25, -0.2) is 19.2 Å². The third-order valence-corrected chi connectivity index (χ3v) is 5.43. The van der Waals surface area contributed by atoms with Crippen molar-refractivity contribution in [2.75, 3.05) is 54.0 Å². The summed E-state index contributed by atoms with van der Waals surface area (Å²) >= 11 is 0. The van der Waals surface area contributed by atoms with E-state index in [0.29, 0.717) is 24.5 Å². The fourth-order valence-corrected chi connectivity index (χ4v) is 3.81. The summed E-state index contributed by atoms with van der Waals surface area (Å²) in [5, 5.41) is 2.63. The van der Waals surface area contributed by atoms with E-state index in [9.17, 15) is 14.0 Å². The Morgan fingerprint density at radius 2 is 1.94 bits per heavy atom. The summed E-state index contributed by atoms with van der Waals surface area (Å²) in [5.74, 6) is 0.297. The summed E-state index contributed by atoms with van der Waals surface area (Å²) in [6.07, 6.45) is 0.549. The average molecular weight is 428 g/mol. The number of hydrogen-bond acceptors (Lipinski definition) is 7. The standard InChI is InChI=1S/C21H25FN6O3/c1-14-9-20(25-13-24-14)27-7-5-26(6-8-27)19-4-3-16(10-18(19)22)28-12-17(31-21(28)30)11-23-15(2)29/h3-4,9-10,13,17H,5-8,11-12H2,1-2H3,(H,23,29)/t17-/m0/s1. The van der Waals surface area contributed by atoms with E-state index in [1.54, 1.807) is 18.5 Å². The fraction of sp³-hybridized carbons (Fsp3) is 0.429. The number of piperazine rings is 1. The SMILES string of the molecule is CC(=O)NC[C@H]1CN(c2ccc(N3CCN(c4cc(C)ncn4)CC3)c(F)c2)C(=O)O1. The summed E-state index contributed by atoms with van der Waals surface area (Å²) in [6, 6.07) is 6.72. The highest BCUT2D eigenvalue weighted by Gasteiger charge is 2.33. The van der Waals surface area contributed by atoms with Crippen molar-refractivity contribution >= 4 is 29.2 Å². The Balaban J connectivity index is 1.39. The minimum Gasteiger partial charge on any atom is -0.442 e. The van der Waals surface area contributed by atoms with Gasteiger partial charge >= 0.3 is 6.09 Å². The Hall–Kier alpha value is -3.43. The lowest BCUT2D eigenvalue weighted by atomic mass is 10.2. The topological polar surface area (TPSA) is 90.9 Å². The smallest absolute Gasteiger partial charge is 0.414 e. The molecule has 1 N–H and O–H groups in total. The van der Waals surface area contributed by atoms with Crippen molar-refractivity contribution < 1.29 is 18.7 Å². The number of anilines is 3. The number of cyclic esters (lactones) is 1. The van der Waals surface area contributed by atoms with E-state index in [2.05, 4.69) is 20.2 Å². The second-order valence-corrected chi connectivity index (χ2v) is 7.68. The van der Waals surface area contributed by atoms with Crippen LogP contribution in [0.25, 0.3) is 0 Å². The van der Waals surface area contributed by atoms with E-state index in [0.717, 1.165) is 24.6 Å². The van der Waals surface area contributed by atoms with Crippen LogP contribution in [-0.2, 0) is 9.53 Å². The van der Waals surface area contributed by atoms with Gasteiger partial charge in [-0.15, -0.1) is 0 Å². The number of benzene rings is 1. The molecule has 0 radical (unpaired) electrons. The Kier molecular flexibility index (Phi) is 5.88. The largest absolute Gasteiger partial charge is 0.442 e. The number of hydrogen-bond donors (Lipinski definition) is 1. The van der Waals surface area contributed by atoms with E-state index < -0.39 is 12.2 Å². The number of ether oxygens (including phenoxy) is 1. The molecule has 0 saturated carbocycles. The molecular formula is C21H25FN6O3. The molecule has 2 fully saturated rings. The van der Waals surface area contributed by atoms with Gasteiger partial charge in [-0.2, -0.15) is 0 Å². The van der Waals surface area contributed by atoms with Gasteiger partial charge in [0.2, 0.25) is 5.91 Å². The van der Waals surface area contributed by atoms with Gasteiger partial charge in [0.05, 0.1) is 24.5 Å². The Labute approximate surface area is 179 Å². The van der Waals surface area contributed by atoms with Crippen LogP contribution in [0.1, 0.15) is 12.6 Å². The van der Waals surface area contributed by atoms with Gasteiger partial charge in [0.1, 0.15) is 24.1 Å². The zero-order chi connectivity index (χ0) is 22.0. The molecule has 0 unspecified atom stereocenters. The van der Waals surface area contributed by atoms with Gasteiger partial charge in [0.15, 0.2) is 0 Å². The first-order valence-electron chi connectivity index (χ1n) is 10.2. The van der Waals surface area contributed by atoms with Crippen LogP contribution in [0.15, 0.2) is 30.6 Å². The molecule has 2 aliphatic heterocycles. The molecule has 2 aliphatic rings. The maximum absolute atomic E-state index is 14.9. The van der Waals surface area contributed by atoms with Crippen molar-refractivity contribution in [3.05, 3.63) is 42.1 Å². The number of nitrogens with one attached hydrogen (secondary N) is 1. The molecule has 4 rings (SSSR count). The molecule has 10 heteroatoms. The van der Waals surface area contributed by atoms with Crippen LogP contribution in [0.4, 0.5) is 26.4 Å². The molecule has 9 nitrogen and oxygen atoms in total. The monoisotopic (exact) mass is 428 g/mol. The van der Waals surface area contributed by atoms with Crippen LogP contribution < -0.4 is 20.0 Å². The summed E-state index contributed by atoms with van der Waals surface area (Å²) < 4.78 is 20.2. The van der Waals surface area contributed by atoms with Crippen LogP contribution in [0.2, 0.25) is 0 Å². The van der Waals surface area contributed by atoms with Gasteiger partial charge in [-0.05, 0) is 25.1 Å². The second kappa shape index (κ2) is 8.75. The van der Waals surface area contributed by atoms with Crippen molar-refractivity contribution in [1.82, 2.24) is 15.3 Å². The lowest BCUT2D eigenvalue weighted by Gasteiger charge is -2.37. The number of halogens is 1. The summed E-state index contributed by atoms with van der Waals surface area (Å²) in [6.45, 7) is 6.58. The fourth-order valence-electron chi connectivity index (χ4n) is 3.81. The molecule has 0 aliphatic carbocycles. The maximum atomic E-state index is 14.9. The molecule has 2 saturated heterocycles. The van der Waals surface area contributed by atoms with Crippen LogP contribution in [0.3, 0.4) is 0 Å². The average Bonchev–Trinajstić information content (AvgIpc) is 3.13. The Bertz CT molecular complexity index is 979. The van der Waals surface area contributed by atoms with Crippen molar-refractivity contribution in [2.24, 2.45) is 0 Å². The molecular weight excluding hydrogens is 403 g/mol. The van der Waals surface area contributed by atoms with Crippen LogP contribution >= 0.6 is 0 Å². The van der Waals surface area contributed by atoms with E-state index >= 15 is 0 Å². The van der Waals surface area contributed by atoms with E-state index in [4.69, 9.17) is 4.74 Å². The number of aromatic nitrogens is 2. The molecule has 1 aromatic heterocycles. The number of nitrogens with zero attached hydrogens (tertiary/aromatic N) is 5. The third kappa shape index (κ3) is 4.68. The van der Waals surface area contributed by atoms with Crippen molar-refractivity contribution in [3.8, 4) is 0 Å². The molecule has 1 aromatic carbocycles.